The Balaban J connectivity index is 1.29. The topological polar surface area (TPSA) is 112 Å². The van der Waals surface area contributed by atoms with Gasteiger partial charge in [-0.25, -0.2) is 9.97 Å². The summed E-state index contributed by atoms with van der Waals surface area (Å²) in [6, 6.07) is 19.0. The zero-order chi connectivity index (χ0) is 32.5. The first-order valence-corrected chi connectivity index (χ1v) is 16.0. The maximum absolute atomic E-state index is 13.4. The predicted octanol–water partition coefficient (Wildman–Crippen LogP) is 6.35. The Kier molecular flexibility index (Phi) is 8.94. The normalized spacial score (nSPS) is 14.5. The quantitative estimate of drug-likeness (QED) is 0.236. The van der Waals surface area contributed by atoms with Gasteiger partial charge >= 0.3 is 5.97 Å². The van der Waals surface area contributed by atoms with Crippen LogP contribution < -0.4 is 5.32 Å². The molecule has 1 fully saturated rings. The van der Waals surface area contributed by atoms with Gasteiger partial charge in [0.1, 0.15) is 6.04 Å². The largest absolute Gasteiger partial charge is 0.481 e. The lowest BCUT2D eigenvalue weighted by atomic mass is 9.86. The molecule has 2 N–H and O–H groups in total. The Morgan fingerprint density at radius 2 is 1.44 bits per heavy atom. The van der Waals surface area contributed by atoms with Gasteiger partial charge < -0.3 is 15.3 Å². The van der Waals surface area contributed by atoms with Crippen LogP contribution in [0, 0.1) is 5.92 Å². The molecule has 1 aliphatic rings. The smallest absolute Gasteiger partial charge is 0.310 e. The van der Waals surface area contributed by atoms with Crippen molar-refractivity contribution >= 4 is 29.1 Å². The van der Waals surface area contributed by atoms with Gasteiger partial charge in [-0.3, -0.25) is 14.4 Å². The lowest BCUT2D eigenvalue weighted by Gasteiger charge is -2.38. The molecule has 1 saturated heterocycles. The van der Waals surface area contributed by atoms with Crippen molar-refractivity contribution in [2.24, 2.45) is 5.92 Å². The molecule has 0 unspecified atom stereocenters. The zero-order valence-electron chi connectivity index (χ0n) is 26.6. The molecular formula is C36H40N4O4S. The summed E-state index contributed by atoms with van der Waals surface area (Å²) in [7, 11) is 0. The van der Waals surface area contributed by atoms with E-state index < -0.39 is 17.9 Å². The van der Waals surface area contributed by atoms with Gasteiger partial charge in [-0.1, -0.05) is 90.1 Å². The van der Waals surface area contributed by atoms with Gasteiger partial charge in [-0.15, -0.1) is 11.3 Å². The third-order valence-corrected chi connectivity index (χ3v) is 9.61. The number of carbonyl (C=O) groups is 3. The number of carbonyl (C=O) groups excluding carboxylic acids is 2. The molecule has 2 aromatic carbocycles. The minimum atomic E-state index is -0.919. The first-order valence-electron chi connectivity index (χ1n) is 15.1. The van der Waals surface area contributed by atoms with Gasteiger partial charge in [0.05, 0.1) is 10.8 Å². The molecular weight excluding hydrogens is 584 g/mol. The Morgan fingerprint density at radius 1 is 0.844 bits per heavy atom. The second-order valence-electron chi connectivity index (χ2n) is 13.7. The van der Waals surface area contributed by atoms with Crippen LogP contribution >= 0.6 is 11.3 Å². The maximum atomic E-state index is 13.4. The molecule has 2 amide bonds. The van der Waals surface area contributed by atoms with Crippen LogP contribution in [0.1, 0.15) is 67.2 Å². The zero-order valence-corrected chi connectivity index (χ0v) is 27.4. The van der Waals surface area contributed by atoms with Gasteiger partial charge in [-0.2, -0.15) is 0 Å². The highest BCUT2D eigenvalue weighted by Crippen LogP contribution is 2.30. The van der Waals surface area contributed by atoms with Crippen LogP contribution in [-0.2, 0) is 26.8 Å². The van der Waals surface area contributed by atoms with Crippen molar-refractivity contribution in [3.63, 3.8) is 0 Å². The molecule has 4 aromatic rings. The minimum absolute atomic E-state index is 0.0858. The Labute approximate surface area is 268 Å². The molecule has 0 spiro atoms. The highest BCUT2D eigenvalue weighted by atomic mass is 32.1. The number of nitrogens with zero attached hydrogens (tertiary/aromatic N) is 3. The van der Waals surface area contributed by atoms with Crippen LogP contribution in [0.2, 0.25) is 0 Å². The second-order valence-corrected chi connectivity index (χ2v) is 14.8. The predicted molar refractivity (Wildman–Crippen MR) is 177 cm³/mol. The standard InChI is InChI=1S/C36H40N4O4S/c1-35(2,3)27-13-11-23(12-14-27)25-18-37-31(38-19-25)24-9-7-22(8-10-24)17-28(33(42)40-20-26(21-40)34(43)44)39-32(41)29-15-16-30(45-29)36(4,5)6/h7-16,18-19,26,28H,17,20-21H2,1-6H3,(H,39,41)(H,43,44)/t28-/m0/s1. The van der Waals surface area contributed by atoms with E-state index in [4.69, 9.17) is 0 Å². The summed E-state index contributed by atoms with van der Waals surface area (Å²) in [5, 5.41) is 12.2. The molecule has 0 aliphatic carbocycles. The number of carboxylic acids is 1. The molecule has 234 valence electrons. The molecule has 0 saturated carbocycles. The number of hydrogen-bond donors (Lipinski definition) is 2. The molecule has 3 heterocycles. The number of benzene rings is 2. The number of amides is 2. The second kappa shape index (κ2) is 12.6. The molecule has 45 heavy (non-hydrogen) atoms. The van der Waals surface area contributed by atoms with E-state index in [2.05, 4.69) is 81.1 Å². The monoisotopic (exact) mass is 624 g/mol. The molecule has 5 rings (SSSR count). The summed E-state index contributed by atoms with van der Waals surface area (Å²) in [4.78, 5) is 50.3. The number of aromatic nitrogens is 2. The van der Waals surface area contributed by atoms with Crippen molar-refractivity contribution in [3.8, 4) is 22.5 Å². The summed E-state index contributed by atoms with van der Waals surface area (Å²) in [6.07, 6.45) is 3.90. The first kappa shape index (κ1) is 32.0. The van der Waals surface area contributed by atoms with Crippen molar-refractivity contribution < 1.29 is 19.5 Å². The number of thiophene rings is 1. The Bertz CT molecular complexity index is 1680. The molecule has 9 heteroatoms. The number of likely N-dealkylation sites (tertiary alicyclic amines) is 1. The highest BCUT2D eigenvalue weighted by Gasteiger charge is 2.39. The van der Waals surface area contributed by atoms with Crippen molar-refractivity contribution in [1.29, 1.82) is 0 Å². The van der Waals surface area contributed by atoms with E-state index in [1.165, 1.54) is 21.8 Å². The molecule has 0 bridgehead atoms. The van der Waals surface area contributed by atoms with Crippen LogP contribution in [-0.4, -0.2) is 56.9 Å². The molecule has 1 aliphatic heterocycles. The van der Waals surface area contributed by atoms with Gasteiger partial charge in [-0.05, 0) is 39.7 Å². The summed E-state index contributed by atoms with van der Waals surface area (Å²) in [6.45, 7) is 13.1. The van der Waals surface area contributed by atoms with E-state index in [1.807, 2.05) is 42.7 Å². The van der Waals surface area contributed by atoms with Crippen LogP contribution in [0.25, 0.3) is 22.5 Å². The third kappa shape index (κ3) is 7.48. The van der Waals surface area contributed by atoms with Crippen molar-refractivity contribution in [2.75, 3.05) is 13.1 Å². The fourth-order valence-electron chi connectivity index (χ4n) is 5.14. The Hall–Kier alpha value is -4.37. The fraction of sp³-hybridized carbons (Fsp3) is 0.361. The summed E-state index contributed by atoms with van der Waals surface area (Å²) in [5.41, 5.74) is 4.93. The number of hydrogen-bond acceptors (Lipinski definition) is 6. The van der Waals surface area contributed by atoms with E-state index in [0.717, 1.165) is 27.1 Å². The van der Waals surface area contributed by atoms with Gasteiger partial charge in [0, 0.05) is 47.9 Å². The fourth-order valence-corrected chi connectivity index (χ4v) is 6.11. The number of carboxylic acid groups (broad SMARTS) is 1. The number of rotatable bonds is 8. The number of nitrogens with one attached hydrogen (secondary N) is 1. The highest BCUT2D eigenvalue weighted by molar-refractivity contribution is 7.14. The number of aliphatic carboxylic acids is 1. The van der Waals surface area contributed by atoms with E-state index in [9.17, 15) is 19.5 Å². The van der Waals surface area contributed by atoms with Gasteiger partial charge in [0.15, 0.2) is 5.82 Å². The summed E-state index contributed by atoms with van der Waals surface area (Å²) < 4.78 is 0. The van der Waals surface area contributed by atoms with E-state index in [1.54, 1.807) is 6.07 Å². The van der Waals surface area contributed by atoms with E-state index in [-0.39, 0.29) is 42.2 Å². The maximum Gasteiger partial charge on any atom is 0.310 e. The summed E-state index contributed by atoms with van der Waals surface area (Å²) in [5.74, 6) is -1.51. The van der Waals surface area contributed by atoms with Gasteiger partial charge in [0.25, 0.3) is 5.91 Å². The van der Waals surface area contributed by atoms with E-state index >= 15 is 0 Å². The Morgan fingerprint density at radius 3 is 1.98 bits per heavy atom. The molecule has 2 aromatic heterocycles. The molecule has 0 radical (unpaired) electrons. The lowest BCUT2D eigenvalue weighted by molar-refractivity contribution is -0.153. The van der Waals surface area contributed by atoms with Crippen molar-refractivity contribution in [1.82, 2.24) is 20.2 Å². The van der Waals surface area contributed by atoms with E-state index in [0.29, 0.717) is 10.7 Å². The van der Waals surface area contributed by atoms with Crippen molar-refractivity contribution in [2.45, 2.75) is 64.8 Å². The average molecular weight is 625 g/mol. The average Bonchev–Trinajstić information content (AvgIpc) is 3.48. The SMILES string of the molecule is CC(C)(C)c1ccc(-c2cnc(-c3ccc(C[C@H](NC(=O)c4ccc(C(C)(C)C)s4)C(=O)N4CC(C(=O)O)C4)cc3)nc2)cc1. The lowest BCUT2D eigenvalue weighted by Crippen LogP contribution is -2.59. The van der Waals surface area contributed by atoms with Crippen LogP contribution in [0.15, 0.2) is 73.1 Å². The van der Waals surface area contributed by atoms with Crippen LogP contribution in [0.4, 0.5) is 0 Å². The van der Waals surface area contributed by atoms with Gasteiger partial charge in [0.2, 0.25) is 5.91 Å². The van der Waals surface area contributed by atoms with Crippen molar-refractivity contribution in [3.05, 3.63) is 93.9 Å². The first-order chi connectivity index (χ1) is 21.2. The summed E-state index contributed by atoms with van der Waals surface area (Å²) >= 11 is 1.41. The minimum Gasteiger partial charge on any atom is -0.481 e. The van der Waals surface area contributed by atoms with Crippen LogP contribution in [0.3, 0.4) is 0 Å². The molecule has 8 nitrogen and oxygen atoms in total. The third-order valence-electron chi connectivity index (χ3n) is 8.10. The van der Waals surface area contributed by atoms with Crippen LogP contribution in [0.5, 0.6) is 0 Å². The molecule has 1 atom stereocenters.